The van der Waals surface area contributed by atoms with Crippen molar-refractivity contribution in [1.29, 1.82) is 0 Å². The van der Waals surface area contributed by atoms with E-state index < -0.39 is 22.0 Å². The molecule has 1 N–H and O–H groups in total. The van der Waals surface area contributed by atoms with Crippen LogP contribution >= 0.6 is 11.6 Å². The van der Waals surface area contributed by atoms with E-state index in [4.69, 9.17) is 11.6 Å². The first-order valence-corrected chi connectivity index (χ1v) is 12.6. The number of nitrogens with one attached hydrogen (secondary N) is 1. The maximum atomic E-state index is 13.5. The fourth-order valence-corrected chi connectivity index (χ4v) is 6.19. The minimum Gasteiger partial charge on any atom is -0.343 e. The first-order valence-electron chi connectivity index (χ1n) is 10.7. The summed E-state index contributed by atoms with van der Waals surface area (Å²) in [6.07, 6.45) is 5.10. The predicted octanol–water partition coefficient (Wildman–Crippen LogP) is 2.25. The molecule has 1 aromatic carbocycles. The Morgan fingerprint density at radius 1 is 1.19 bits per heavy atom. The summed E-state index contributed by atoms with van der Waals surface area (Å²) < 4.78 is 28.0. The highest BCUT2D eigenvalue weighted by Gasteiger charge is 2.38. The van der Waals surface area contributed by atoms with Crippen LogP contribution < -0.4 is 5.32 Å². The second-order valence-electron chi connectivity index (χ2n) is 8.68. The van der Waals surface area contributed by atoms with E-state index in [0.717, 1.165) is 23.6 Å². The number of carbonyl (C=O) groups excluding carboxylic acids is 2. The third-order valence-corrected chi connectivity index (χ3v) is 8.55. The van der Waals surface area contributed by atoms with Crippen LogP contribution in [0, 0.1) is 13.8 Å². The second kappa shape index (κ2) is 9.80. The van der Waals surface area contributed by atoms with Crippen LogP contribution in [-0.4, -0.2) is 73.6 Å². The molecule has 3 rings (SSSR count). The van der Waals surface area contributed by atoms with Crippen LogP contribution in [0.15, 0.2) is 29.4 Å². The molecule has 2 amide bonds. The van der Waals surface area contributed by atoms with Gasteiger partial charge < -0.3 is 15.1 Å². The molecular weight excluding hydrogens is 452 g/mol. The Morgan fingerprint density at radius 2 is 1.91 bits per heavy atom. The van der Waals surface area contributed by atoms with Gasteiger partial charge >= 0.3 is 0 Å². The van der Waals surface area contributed by atoms with Gasteiger partial charge in [-0.1, -0.05) is 11.6 Å². The normalized spacial score (nSPS) is 22.1. The van der Waals surface area contributed by atoms with Crippen LogP contribution in [0.3, 0.4) is 0 Å². The Balaban J connectivity index is 1.84. The monoisotopic (exact) mass is 482 g/mol. The van der Waals surface area contributed by atoms with Crippen molar-refractivity contribution in [2.75, 3.05) is 27.2 Å². The lowest BCUT2D eigenvalue weighted by Gasteiger charge is -2.33. The summed E-state index contributed by atoms with van der Waals surface area (Å²) in [5.74, 6) is -0.738. The van der Waals surface area contributed by atoms with Crippen LogP contribution in [0.4, 0.5) is 0 Å². The first kappa shape index (κ1) is 24.5. The molecule has 0 saturated carbocycles. The van der Waals surface area contributed by atoms with Crippen LogP contribution in [0.2, 0.25) is 5.02 Å². The third kappa shape index (κ3) is 5.10. The van der Waals surface area contributed by atoms with Gasteiger partial charge in [-0.25, -0.2) is 8.42 Å². The van der Waals surface area contributed by atoms with Crippen molar-refractivity contribution in [2.45, 2.75) is 56.5 Å². The molecule has 0 spiro atoms. The van der Waals surface area contributed by atoms with Gasteiger partial charge in [0.2, 0.25) is 11.8 Å². The predicted molar refractivity (Wildman–Crippen MR) is 124 cm³/mol. The molecule has 1 saturated heterocycles. The smallest absolute Gasteiger partial charge is 0.264 e. The van der Waals surface area contributed by atoms with E-state index in [0.29, 0.717) is 35.3 Å². The van der Waals surface area contributed by atoms with Crippen molar-refractivity contribution in [1.82, 2.24) is 19.4 Å². The molecule has 32 heavy (non-hydrogen) atoms. The molecule has 0 aromatic heterocycles. The Hall–Kier alpha value is -2.10. The molecule has 2 atom stereocenters. The number of hydrogen-bond donors (Lipinski definition) is 1. The molecule has 0 bridgehead atoms. The number of rotatable bonds is 5. The number of carbonyl (C=O) groups is 2. The molecule has 10 heteroatoms. The molecule has 2 aliphatic rings. The van der Waals surface area contributed by atoms with E-state index >= 15 is 0 Å². The molecular formula is C22H31ClN4O4S. The zero-order chi connectivity index (χ0) is 23.6. The number of amides is 2. The van der Waals surface area contributed by atoms with Gasteiger partial charge in [-0.2, -0.15) is 0 Å². The Bertz CT molecular complexity index is 1030. The Labute approximate surface area is 195 Å². The SMILES string of the molecule is Cc1cc(S(=O)(=O)N2C=CNC(=O)[C@H]2CC(=O)N2CCC[C@H](N(C)C)CC2)c(C)cc1Cl. The maximum Gasteiger partial charge on any atom is 0.264 e. The second-order valence-corrected chi connectivity index (χ2v) is 10.9. The summed E-state index contributed by atoms with van der Waals surface area (Å²) in [6, 6.07) is 2.35. The first-order chi connectivity index (χ1) is 15.0. The van der Waals surface area contributed by atoms with Crippen molar-refractivity contribution in [3.8, 4) is 0 Å². The number of halogens is 1. The maximum absolute atomic E-state index is 13.5. The standard InChI is InChI=1S/C22H31ClN4O4S/c1-15-13-20(16(2)12-18(15)23)32(30,31)27-11-8-24-22(29)19(27)14-21(28)26-9-5-6-17(7-10-26)25(3)4/h8,11-13,17,19H,5-7,9-10,14H2,1-4H3,(H,24,29)/t17-,19+/m0/s1. The van der Waals surface area contributed by atoms with Gasteiger partial charge in [0.15, 0.2) is 0 Å². The Morgan fingerprint density at radius 3 is 2.59 bits per heavy atom. The summed E-state index contributed by atoms with van der Waals surface area (Å²) in [5.41, 5.74) is 1.10. The van der Waals surface area contributed by atoms with Crippen molar-refractivity contribution < 1.29 is 18.0 Å². The van der Waals surface area contributed by atoms with E-state index in [9.17, 15) is 18.0 Å². The average molecular weight is 483 g/mol. The number of aryl methyl sites for hydroxylation is 2. The quantitative estimate of drug-likeness (QED) is 0.695. The molecule has 0 aliphatic carbocycles. The number of hydrogen-bond acceptors (Lipinski definition) is 5. The zero-order valence-electron chi connectivity index (χ0n) is 19.0. The summed E-state index contributed by atoms with van der Waals surface area (Å²) in [4.78, 5) is 29.7. The van der Waals surface area contributed by atoms with Gasteiger partial charge in [-0.05, 0) is 70.5 Å². The number of sulfonamides is 1. The average Bonchev–Trinajstić information content (AvgIpc) is 2.98. The van der Waals surface area contributed by atoms with Crippen molar-refractivity contribution in [3.63, 3.8) is 0 Å². The summed E-state index contributed by atoms with van der Waals surface area (Å²) in [6.45, 7) is 4.58. The minimum absolute atomic E-state index is 0.0693. The molecule has 0 unspecified atom stereocenters. The van der Waals surface area contributed by atoms with Crippen LogP contribution in [0.1, 0.15) is 36.8 Å². The van der Waals surface area contributed by atoms with E-state index in [1.165, 1.54) is 18.5 Å². The van der Waals surface area contributed by atoms with Gasteiger partial charge in [-0.3, -0.25) is 13.9 Å². The summed E-state index contributed by atoms with van der Waals surface area (Å²) in [5, 5.41) is 3.01. The molecule has 1 aromatic rings. The molecule has 0 radical (unpaired) electrons. The van der Waals surface area contributed by atoms with E-state index in [2.05, 4.69) is 10.2 Å². The fourth-order valence-electron chi connectivity index (χ4n) is 4.22. The number of nitrogens with zero attached hydrogens (tertiary/aromatic N) is 3. The van der Waals surface area contributed by atoms with Crippen LogP contribution in [0.25, 0.3) is 0 Å². The highest BCUT2D eigenvalue weighted by atomic mass is 35.5. The summed E-state index contributed by atoms with van der Waals surface area (Å²) in [7, 11) is -0.00438. The van der Waals surface area contributed by atoms with E-state index in [1.807, 2.05) is 14.1 Å². The highest BCUT2D eigenvalue weighted by molar-refractivity contribution is 7.89. The van der Waals surface area contributed by atoms with E-state index in [1.54, 1.807) is 24.8 Å². The van der Waals surface area contributed by atoms with Crippen molar-refractivity contribution >= 4 is 33.4 Å². The van der Waals surface area contributed by atoms with Gasteiger partial charge in [0.25, 0.3) is 10.0 Å². The number of benzene rings is 1. The van der Waals surface area contributed by atoms with Crippen LogP contribution in [-0.2, 0) is 19.6 Å². The lowest BCUT2D eigenvalue weighted by Crippen LogP contribution is -2.51. The summed E-state index contributed by atoms with van der Waals surface area (Å²) >= 11 is 6.13. The molecule has 2 aliphatic heterocycles. The molecule has 8 nitrogen and oxygen atoms in total. The highest BCUT2D eigenvalue weighted by Crippen LogP contribution is 2.29. The lowest BCUT2D eigenvalue weighted by atomic mass is 10.1. The lowest BCUT2D eigenvalue weighted by molar-refractivity contribution is -0.135. The third-order valence-electron chi connectivity index (χ3n) is 6.22. The minimum atomic E-state index is -4.07. The van der Waals surface area contributed by atoms with Gasteiger partial charge in [0.05, 0.1) is 11.3 Å². The van der Waals surface area contributed by atoms with Crippen molar-refractivity contribution in [3.05, 3.63) is 40.7 Å². The largest absolute Gasteiger partial charge is 0.343 e. The fraction of sp³-hybridized carbons (Fsp3) is 0.545. The zero-order valence-corrected chi connectivity index (χ0v) is 20.5. The van der Waals surface area contributed by atoms with Gasteiger partial charge in [0.1, 0.15) is 6.04 Å². The van der Waals surface area contributed by atoms with Gasteiger partial charge in [-0.15, -0.1) is 0 Å². The topological polar surface area (TPSA) is 90.0 Å². The molecule has 1 fully saturated rings. The van der Waals surface area contributed by atoms with Gasteiger partial charge in [0, 0.05) is 36.6 Å². The molecule has 176 valence electrons. The Kier molecular flexibility index (Phi) is 7.52. The number of likely N-dealkylation sites (tertiary alicyclic amines) is 1. The molecule has 2 heterocycles. The van der Waals surface area contributed by atoms with Crippen molar-refractivity contribution in [2.24, 2.45) is 0 Å². The van der Waals surface area contributed by atoms with Crippen LogP contribution in [0.5, 0.6) is 0 Å². The van der Waals surface area contributed by atoms with E-state index in [-0.39, 0.29) is 17.2 Å².